The van der Waals surface area contributed by atoms with Crippen LogP contribution in [0.25, 0.3) is 0 Å². The van der Waals surface area contributed by atoms with Gasteiger partial charge in [0.1, 0.15) is 18.3 Å². The number of likely N-dealkylation sites (tertiary alicyclic amines) is 1. The minimum absolute atomic E-state index is 0.0228. The zero-order chi connectivity index (χ0) is 26.7. The molecule has 6 aliphatic rings. The van der Waals surface area contributed by atoms with Crippen molar-refractivity contribution in [2.45, 2.75) is 95.2 Å². The van der Waals surface area contributed by atoms with Gasteiger partial charge < -0.3 is 24.2 Å². The molecule has 1 saturated heterocycles. The largest absolute Gasteiger partial charge is 0.485 e. The van der Waals surface area contributed by atoms with Crippen LogP contribution >= 0.6 is 0 Å². The van der Waals surface area contributed by atoms with Crippen molar-refractivity contribution in [3.05, 3.63) is 59.2 Å². The van der Waals surface area contributed by atoms with E-state index in [9.17, 15) is 5.11 Å². The van der Waals surface area contributed by atoms with Gasteiger partial charge in [-0.1, -0.05) is 57.2 Å². The summed E-state index contributed by atoms with van der Waals surface area (Å²) in [6, 6.07) is 15.2. The molecular weight excluding hydrogens is 474 g/mol. The summed E-state index contributed by atoms with van der Waals surface area (Å²) in [5.74, 6) is 1.76. The zero-order valence-corrected chi connectivity index (χ0v) is 23.8. The van der Waals surface area contributed by atoms with Crippen molar-refractivity contribution < 1.29 is 19.3 Å². The standard InChI is InChI=1S/C33H43NO4/c1-29(2,3)30(4,35)24-19-31-14-15-33(24,36-6)28-32(31)16-17-34(5)25(31)18-22-12-13-23(27(38-28)26(22)32)37-20-21-10-8-7-9-11-21/h7-13,24-25,28,35H,14-20H2,1-6H3/t24-,25?,28-,30?,31-,32?,33-/m1/s1. The first-order valence-corrected chi connectivity index (χ1v) is 14.5. The van der Waals surface area contributed by atoms with Crippen LogP contribution in [0.3, 0.4) is 0 Å². The van der Waals surface area contributed by atoms with E-state index in [0.717, 1.165) is 55.7 Å². The molecule has 1 N–H and O–H groups in total. The number of likely N-dealkylation sites (N-methyl/N-ethyl adjacent to an activating group) is 1. The van der Waals surface area contributed by atoms with E-state index >= 15 is 0 Å². The van der Waals surface area contributed by atoms with Crippen LogP contribution < -0.4 is 9.47 Å². The van der Waals surface area contributed by atoms with Gasteiger partial charge in [-0.25, -0.2) is 0 Å². The minimum Gasteiger partial charge on any atom is -0.485 e. The molecule has 0 amide bonds. The maximum Gasteiger partial charge on any atom is 0.166 e. The van der Waals surface area contributed by atoms with Gasteiger partial charge in [-0.05, 0) is 75.2 Å². The van der Waals surface area contributed by atoms with Crippen molar-refractivity contribution in [2.75, 3.05) is 20.7 Å². The van der Waals surface area contributed by atoms with Gasteiger partial charge in [0.15, 0.2) is 11.5 Å². The highest BCUT2D eigenvalue weighted by Crippen LogP contribution is 2.77. The van der Waals surface area contributed by atoms with Gasteiger partial charge in [-0.2, -0.15) is 0 Å². The molecule has 204 valence electrons. The quantitative estimate of drug-likeness (QED) is 0.567. The fraction of sp³-hybridized carbons (Fsp3) is 0.636. The predicted octanol–water partition coefficient (Wildman–Crippen LogP) is 5.51. The Morgan fingerprint density at radius 2 is 1.82 bits per heavy atom. The summed E-state index contributed by atoms with van der Waals surface area (Å²) in [6.45, 7) is 10.1. The first-order valence-electron chi connectivity index (χ1n) is 14.5. The van der Waals surface area contributed by atoms with Gasteiger partial charge in [0.05, 0.1) is 5.60 Å². The second kappa shape index (κ2) is 7.77. The average molecular weight is 518 g/mol. The van der Waals surface area contributed by atoms with Gasteiger partial charge in [0.2, 0.25) is 0 Å². The minimum atomic E-state index is -0.907. The van der Waals surface area contributed by atoms with Crippen LogP contribution in [0, 0.1) is 16.7 Å². The first kappa shape index (κ1) is 24.9. The molecule has 2 aliphatic heterocycles. The second-order valence-corrected chi connectivity index (χ2v) is 14.1. The molecule has 8 rings (SSSR count). The molecule has 7 atom stereocenters. The summed E-state index contributed by atoms with van der Waals surface area (Å²) in [7, 11) is 4.17. The predicted molar refractivity (Wildman–Crippen MR) is 148 cm³/mol. The van der Waals surface area contributed by atoms with Crippen molar-refractivity contribution in [1.29, 1.82) is 0 Å². The van der Waals surface area contributed by atoms with E-state index in [4.69, 9.17) is 14.2 Å². The summed E-state index contributed by atoms with van der Waals surface area (Å²) in [5.41, 5.74) is 2.14. The third-order valence-corrected chi connectivity index (χ3v) is 12.0. The maximum absolute atomic E-state index is 12.3. The fourth-order valence-electron chi connectivity index (χ4n) is 9.70. The van der Waals surface area contributed by atoms with Gasteiger partial charge >= 0.3 is 0 Å². The monoisotopic (exact) mass is 517 g/mol. The molecule has 4 aliphatic carbocycles. The number of rotatable bonds is 5. The molecule has 4 bridgehead atoms. The molecule has 3 saturated carbocycles. The Labute approximate surface area is 227 Å². The molecule has 4 fully saturated rings. The lowest BCUT2D eigenvalue weighted by molar-refractivity contribution is -0.311. The lowest BCUT2D eigenvalue weighted by Crippen LogP contribution is -2.83. The number of benzene rings is 2. The van der Waals surface area contributed by atoms with Crippen molar-refractivity contribution in [2.24, 2.45) is 16.7 Å². The molecule has 0 aromatic heterocycles. The van der Waals surface area contributed by atoms with Crippen LogP contribution in [0.1, 0.15) is 70.1 Å². The average Bonchev–Trinajstić information content (AvgIpc) is 3.27. The highest BCUT2D eigenvalue weighted by Gasteiger charge is 2.82. The molecule has 3 unspecified atom stereocenters. The van der Waals surface area contributed by atoms with Crippen LogP contribution in [0.15, 0.2) is 42.5 Å². The highest BCUT2D eigenvalue weighted by atomic mass is 16.6. The third-order valence-electron chi connectivity index (χ3n) is 12.0. The number of piperidine rings is 1. The van der Waals surface area contributed by atoms with Crippen molar-refractivity contribution in [3.8, 4) is 11.5 Å². The summed E-state index contributed by atoms with van der Waals surface area (Å²) >= 11 is 0. The van der Waals surface area contributed by atoms with E-state index in [1.165, 1.54) is 11.1 Å². The Morgan fingerprint density at radius 1 is 1.05 bits per heavy atom. The lowest BCUT2D eigenvalue weighted by atomic mass is 9.33. The molecule has 2 heterocycles. The Bertz CT molecular complexity index is 1270. The number of nitrogens with zero attached hydrogens (tertiary/aromatic N) is 1. The number of ether oxygens (including phenoxy) is 3. The highest BCUT2D eigenvalue weighted by molar-refractivity contribution is 5.63. The summed E-state index contributed by atoms with van der Waals surface area (Å²) < 4.78 is 20.4. The van der Waals surface area contributed by atoms with Gasteiger partial charge in [0.25, 0.3) is 0 Å². The molecule has 5 heteroatoms. The van der Waals surface area contributed by atoms with Gasteiger partial charge in [-0.3, -0.25) is 0 Å². The fourth-order valence-corrected chi connectivity index (χ4v) is 9.70. The smallest absolute Gasteiger partial charge is 0.166 e. The van der Waals surface area contributed by atoms with Crippen LogP contribution in [-0.2, 0) is 23.2 Å². The van der Waals surface area contributed by atoms with Crippen LogP contribution in [-0.4, -0.2) is 54.1 Å². The van der Waals surface area contributed by atoms with Crippen molar-refractivity contribution in [3.63, 3.8) is 0 Å². The van der Waals surface area contributed by atoms with E-state index in [-0.39, 0.29) is 28.3 Å². The third kappa shape index (κ3) is 2.78. The summed E-state index contributed by atoms with van der Waals surface area (Å²) in [5, 5.41) is 12.3. The Balaban J connectivity index is 1.41. The van der Waals surface area contributed by atoms with E-state index in [2.05, 4.69) is 69.1 Å². The zero-order valence-electron chi connectivity index (χ0n) is 23.8. The molecule has 2 aromatic rings. The van der Waals surface area contributed by atoms with E-state index < -0.39 is 11.2 Å². The Kier molecular flexibility index (Phi) is 5.10. The molecule has 2 aromatic carbocycles. The summed E-state index contributed by atoms with van der Waals surface area (Å²) in [6.07, 6.45) is 4.95. The maximum atomic E-state index is 12.3. The van der Waals surface area contributed by atoms with E-state index in [0.29, 0.717) is 12.6 Å². The van der Waals surface area contributed by atoms with Crippen LogP contribution in [0.2, 0.25) is 0 Å². The Hall–Kier alpha value is -2.08. The number of hydrogen-bond acceptors (Lipinski definition) is 5. The number of aliphatic hydroxyl groups is 1. The number of fused-ring (bicyclic) bond motifs is 2. The normalized spacial score (nSPS) is 38.3. The van der Waals surface area contributed by atoms with E-state index in [1.54, 1.807) is 0 Å². The molecular formula is C33H43NO4. The molecule has 0 radical (unpaired) electrons. The van der Waals surface area contributed by atoms with Crippen molar-refractivity contribution in [1.82, 2.24) is 4.90 Å². The SMILES string of the molecule is CO[C@]12CC[C@@]3(C[C@@H]1C(C)(O)C(C)(C)C)C1Cc4ccc(OCc5ccccc5)c5c4C3(CCN1C)[C@H]2O5. The molecule has 5 nitrogen and oxygen atoms in total. The Morgan fingerprint density at radius 3 is 2.53 bits per heavy atom. The van der Waals surface area contributed by atoms with Crippen LogP contribution in [0.4, 0.5) is 0 Å². The first-order chi connectivity index (χ1) is 18.0. The summed E-state index contributed by atoms with van der Waals surface area (Å²) in [4.78, 5) is 2.61. The van der Waals surface area contributed by atoms with Gasteiger partial charge in [-0.15, -0.1) is 0 Å². The molecule has 2 spiro atoms. The van der Waals surface area contributed by atoms with E-state index in [1.807, 2.05) is 20.1 Å². The topological polar surface area (TPSA) is 51.2 Å². The van der Waals surface area contributed by atoms with Crippen molar-refractivity contribution >= 4 is 0 Å². The number of methoxy groups -OCH3 is 1. The van der Waals surface area contributed by atoms with Gasteiger partial charge in [0, 0.05) is 35.5 Å². The molecule has 38 heavy (non-hydrogen) atoms. The number of hydrogen-bond donors (Lipinski definition) is 1. The van der Waals surface area contributed by atoms with Crippen LogP contribution in [0.5, 0.6) is 11.5 Å². The lowest BCUT2D eigenvalue weighted by Gasteiger charge is -2.75. The second-order valence-electron chi connectivity index (χ2n) is 14.1.